The average Bonchev–Trinajstić information content (AvgIpc) is 2.91. The molecule has 1 heterocycles. The van der Waals surface area contributed by atoms with Crippen molar-refractivity contribution in [3.8, 4) is 0 Å². The number of aliphatic carboxylic acids is 1. The van der Waals surface area contributed by atoms with Crippen LogP contribution in [-0.4, -0.2) is 17.0 Å². The molecule has 1 aliphatic heterocycles. The number of anilines is 1. The van der Waals surface area contributed by atoms with Crippen molar-refractivity contribution in [1.82, 2.24) is 0 Å². The van der Waals surface area contributed by atoms with Gasteiger partial charge in [-0.05, 0) is 36.6 Å². The molecule has 1 aliphatic carbocycles. The summed E-state index contributed by atoms with van der Waals surface area (Å²) in [6.07, 6.45) is 0.254. The van der Waals surface area contributed by atoms with Crippen LogP contribution < -0.4 is 5.32 Å². The molecule has 0 saturated heterocycles. The fourth-order valence-electron chi connectivity index (χ4n) is 2.72. The van der Waals surface area contributed by atoms with Crippen molar-refractivity contribution in [1.29, 1.82) is 0 Å². The largest absolute Gasteiger partial charge is 0.481 e. The molecule has 2 aliphatic rings. The van der Waals surface area contributed by atoms with E-state index in [4.69, 9.17) is 5.11 Å². The van der Waals surface area contributed by atoms with E-state index in [0.717, 1.165) is 0 Å². The second-order valence-corrected chi connectivity index (χ2v) is 4.67. The van der Waals surface area contributed by atoms with Gasteiger partial charge in [0.25, 0.3) is 0 Å². The number of carboxylic acids is 1. The first-order valence-corrected chi connectivity index (χ1v) is 5.31. The van der Waals surface area contributed by atoms with E-state index in [-0.39, 0.29) is 12.3 Å². The van der Waals surface area contributed by atoms with Gasteiger partial charge in [-0.1, -0.05) is 0 Å². The van der Waals surface area contributed by atoms with Crippen LogP contribution in [0.25, 0.3) is 0 Å². The zero-order valence-corrected chi connectivity index (χ0v) is 9.08. The summed E-state index contributed by atoms with van der Waals surface area (Å²) in [5, 5.41) is 11.6. The number of aryl methyl sites for hydroxylation is 1. The topological polar surface area (TPSA) is 66.4 Å². The summed E-state index contributed by atoms with van der Waals surface area (Å²) in [7, 11) is 0. The SMILES string of the molecule is Cc1cc(F)cc2c1NC(=O)C21CC1C(=O)O. The highest BCUT2D eigenvalue weighted by Crippen LogP contribution is 2.60. The van der Waals surface area contributed by atoms with Gasteiger partial charge in [-0.15, -0.1) is 0 Å². The molecule has 17 heavy (non-hydrogen) atoms. The molecule has 0 aromatic heterocycles. The highest BCUT2D eigenvalue weighted by molar-refractivity contribution is 6.12. The maximum Gasteiger partial charge on any atom is 0.307 e. The number of halogens is 1. The minimum absolute atomic E-state index is 0.254. The van der Waals surface area contributed by atoms with E-state index in [0.29, 0.717) is 16.8 Å². The molecule has 0 bridgehead atoms. The summed E-state index contributed by atoms with van der Waals surface area (Å²) in [6.45, 7) is 1.69. The lowest BCUT2D eigenvalue weighted by atomic mass is 9.93. The lowest BCUT2D eigenvalue weighted by Crippen LogP contribution is -2.24. The van der Waals surface area contributed by atoms with Crippen molar-refractivity contribution in [2.24, 2.45) is 5.92 Å². The first-order valence-electron chi connectivity index (χ1n) is 5.31. The van der Waals surface area contributed by atoms with E-state index in [1.807, 2.05) is 0 Å². The molecule has 1 aromatic carbocycles. The smallest absolute Gasteiger partial charge is 0.307 e. The molecule has 1 spiro atoms. The molecular formula is C12H10FNO3. The third-order valence-corrected chi connectivity index (χ3v) is 3.68. The number of hydrogen-bond acceptors (Lipinski definition) is 2. The Labute approximate surface area is 96.4 Å². The van der Waals surface area contributed by atoms with E-state index in [2.05, 4.69) is 5.32 Å². The third kappa shape index (κ3) is 1.11. The lowest BCUT2D eigenvalue weighted by molar-refractivity contribution is -0.140. The van der Waals surface area contributed by atoms with Gasteiger partial charge in [-0.2, -0.15) is 0 Å². The van der Waals surface area contributed by atoms with Gasteiger partial charge in [-0.3, -0.25) is 9.59 Å². The number of fused-ring (bicyclic) bond motifs is 2. The van der Waals surface area contributed by atoms with Gasteiger partial charge in [0.2, 0.25) is 5.91 Å². The zero-order valence-electron chi connectivity index (χ0n) is 9.08. The molecule has 0 radical (unpaired) electrons. The summed E-state index contributed by atoms with van der Waals surface area (Å²) in [4.78, 5) is 22.9. The molecule has 1 fully saturated rings. The number of rotatable bonds is 1. The zero-order chi connectivity index (χ0) is 12.4. The molecule has 2 atom stereocenters. The van der Waals surface area contributed by atoms with Gasteiger partial charge in [0.1, 0.15) is 5.82 Å². The van der Waals surface area contributed by atoms with E-state index in [1.54, 1.807) is 6.92 Å². The maximum atomic E-state index is 13.4. The Morgan fingerprint density at radius 2 is 2.29 bits per heavy atom. The van der Waals surface area contributed by atoms with E-state index < -0.39 is 23.1 Å². The molecule has 88 valence electrons. The molecular weight excluding hydrogens is 225 g/mol. The van der Waals surface area contributed by atoms with Crippen LogP contribution in [0.15, 0.2) is 12.1 Å². The molecule has 1 saturated carbocycles. The van der Waals surface area contributed by atoms with Crippen LogP contribution in [0.1, 0.15) is 17.5 Å². The highest BCUT2D eigenvalue weighted by Gasteiger charge is 2.68. The summed E-state index contributed by atoms with van der Waals surface area (Å²) in [5.74, 6) is -2.50. The van der Waals surface area contributed by atoms with Gasteiger partial charge in [0.05, 0.1) is 11.3 Å². The third-order valence-electron chi connectivity index (χ3n) is 3.68. The predicted octanol–water partition coefficient (Wildman–Crippen LogP) is 1.43. The van der Waals surface area contributed by atoms with Crippen LogP contribution >= 0.6 is 0 Å². The summed E-state index contributed by atoms with van der Waals surface area (Å²) >= 11 is 0. The van der Waals surface area contributed by atoms with Gasteiger partial charge in [0, 0.05) is 5.69 Å². The highest BCUT2D eigenvalue weighted by atomic mass is 19.1. The number of amides is 1. The predicted molar refractivity (Wildman–Crippen MR) is 57.2 cm³/mol. The molecule has 2 unspecified atom stereocenters. The van der Waals surface area contributed by atoms with Crippen LogP contribution in [0.2, 0.25) is 0 Å². The Hall–Kier alpha value is -1.91. The number of carboxylic acid groups (broad SMARTS) is 1. The first kappa shape index (κ1) is 10.3. The Morgan fingerprint density at radius 1 is 1.59 bits per heavy atom. The Balaban J connectivity index is 2.19. The minimum Gasteiger partial charge on any atom is -0.481 e. The molecule has 4 nitrogen and oxygen atoms in total. The number of benzene rings is 1. The number of carbonyl (C=O) groups is 2. The fraction of sp³-hybridized carbons (Fsp3) is 0.333. The summed E-state index contributed by atoms with van der Waals surface area (Å²) in [6, 6.07) is 2.60. The number of carbonyl (C=O) groups excluding carboxylic acids is 1. The van der Waals surface area contributed by atoms with Gasteiger partial charge >= 0.3 is 5.97 Å². The Bertz CT molecular complexity index is 569. The van der Waals surface area contributed by atoms with Crippen molar-refractivity contribution in [2.45, 2.75) is 18.8 Å². The number of nitrogens with one attached hydrogen (secondary N) is 1. The Morgan fingerprint density at radius 3 is 2.88 bits per heavy atom. The monoisotopic (exact) mass is 235 g/mol. The van der Waals surface area contributed by atoms with Gasteiger partial charge in [-0.25, -0.2) is 4.39 Å². The molecule has 1 aromatic rings. The van der Waals surface area contributed by atoms with Crippen LogP contribution in [-0.2, 0) is 15.0 Å². The van der Waals surface area contributed by atoms with Gasteiger partial charge in [0.15, 0.2) is 0 Å². The summed E-state index contributed by atoms with van der Waals surface area (Å²) < 4.78 is 13.4. The first-order chi connectivity index (χ1) is 7.96. The van der Waals surface area contributed by atoms with E-state index in [1.165, 1.54) is 12.1 Å². The lowest BCUT2D eigenvalue weighted by Gasteiger charge is -2.07. The molecule has 2 N–H and O–H groups in total. The van der Waals surface area contributed by atoms with Crippen LogP contribution in [0.3, 0.4) is 0 Å². The van der Waals surface area contributed by atoms with Crippen LogP contribution in [0, 0.1) is 18.7 Å². The minimum atomic E-state index is -1.03. The van der Waals surface area contributed by atoms with Crippen molar-refractivity contribution in [2.75, 3.05) is 5.32 Å². The van der Waals surface area contributed by atoms with Gasteiger partial charge < -0.3 is 10.4 Å². The average molecular weight is 235 g/mol. The second-order valence-electron chi connectivity index (χ2n) is 4.67. The molecule has 3 rings (SSSR count). The Kier molecular flexibility index (Phi) is 1.72. The molecule has 1 amide bonds. The fourth-order valence-corrected chi connectivity index (χ4v) is 2.72. The standard InChI is InChI=1S/C12H10FNO3/c1-5-2-6(13)3-7-9(5)14-11(17)12(7)4-8(12)10(15)16/h2-3,8H,4H2,1H3,(H,14,17)(H,15,16). The maximum absolute atomic E-state index is 13.4. The number of hydrogen-bond donors (Lipinski definition) is 2. The second kappa shape index (κ2) is 2.85. The van der Waals surface area contributed by atoms with Crippen molar-refractivity contribution in [3.63, 3.8) is 0 Å². The van der Waals surface area contributed by atoms with Crippen LogP contribution in [0.4, 0.5) is 10.1 Å². The van der Waals surface area contributed by atoms with Crippen molar-refractivity contribution >= 4 is 17.6 Å². The van der Waals surface area contributed by atoms with Crippen LogP contribution in [0.5, 0.6) is 0 Å². The molecule has 5 heteroatoms. The quantitative estimate of drug-likeness (QED) is 0.773. The van der Waals surface area contributed by atoms with Crippen molar-refractivity contribution in [3.05, 3.63) is 29.1 Å². The van der Waals surface area contributed by atoms with Crippen molar-refractivity contribution < 1.29 is 19.1 Å². The normalized spacial score (nSPS) is 29.1. The van der Waals surface area contributed by atoms with E-state index >= 15 is 0 Å². The van der Waals surface area contributed by atoms with E-state index in [9.17, 15) is 14.0 Å². The summed E-state index contributed by atoms with van der Waals surface area (Å²) in [5.41, 5.74) is 0.655.